The lowest BCUT2D eigenvalue weighted by atomic mass is 10.3. The van der Waals surface area contributed by atoms with Crippen LogP contribution >= 0.6 is 11.6 Å². The number of hydrogen-bond donors (Lipinski definition) is 1. The van der Waals surface area contributed by atoms with Crippen LogP contribution in [0.1, 0.15) is 12.2 Å². The molecule has 1 rings (SSSR count). The van der Waals surface area contributed by atoms with Gasteiger partial charge in [0.05, 0.1) is 6.26 Å². The molecule has 0 aliphatic rings. The van der Waals surface area contributed by atoms with Gasteiger partial charge in [-0.2, -0.15) is 0 Å². The van der Waals surface area contributed by atoms with Gasteiger partial charge in [-0.25, -0.2) is 0 Å². The lowest BCUT2D eigenvalue weighted by Gasteiger charge is -2.01. The third kappa shape index (κ3) is 3.99. The maximum atomic E-state index is 10.9. The Balaban J connectivity index is 2.11. The van der Waals surface area contributed by atoms with Crippen LogP contribution in [0.4, 0.5) is 0 Å². The van der Waals surface area contributed by atoms with Gasteiger partial charge in [0.1, 0.15) is 5.76 Å². The van der Waals surface area contributed by atoms with E-state index in [1.54, 1.807) is 6.26 Å². The molecule has 4 heteroatoms. The minimum atomic E-state index is -0.0124. The zero-order chi connectivity index (χ0) is 9.52. The topological polar surface area (TPSA) is 42.2 Å². The van der Waals surface area contributed by atoms with Crippen LogP contribution in [0.5, 0.6) is 0 Å². The summed E-state index contributed by atoms with van der Waals surface area (Å²) in [6, 6.07) is 3.71. The van der Waals surface area contributed by atoms with Crippen LogP contribution < -0.4 is 5.32 Å². The molecule has 0 atom stereocenters. The van der Waals surface area contributed by atoms with Crippen LogP contribution in [0.15, 0.2) is 22.8 Å². The van der Waals surface area contributed by atoms with E-state index in [0.717, 1.165) is 12.2 Å². The van der Waals surface area contributed by atoms with E-state index in [9.17, 15) is 4.79 Å². The van der Waals surface area contributed by atoms with Crippen molar-refractivity contribution in [1.82, 2.24) is 5.32 Å². The summed E-state index contributed by atoms with van der Waals surface area (Å²) in [5.41, 5.74) is 0. The summed E-state index contributed by atoms with van der Waals surface area (Å²) in [4.78, 5) is 10.9. The lowest BCUT2D eigenvalue weighted by Crippen LogP contribution is -2.25. The van der Waals surface area contributed by atoms with Crippen molar-refractivity contribution in [1.29, 1.82) is 0 Å². The van der Waals surface area contributed by atoms with Crippen molar-refractivity contribution >= 4 is 17.5 Å². The van der Waals surface area contributed by atoms with Crippen LogP contribution in [-0.2, 0) is 11.2 Å². The fourth-order valence-electron chi connectivity index (χ4n) is 0.954. The smallest absolute Gasteiger partial charge is 0.221 e. The molecule has 0 unspecified atom stereocenters. The second-order valence-electron chi connectivity index (χ2n) is 2.62. The van der Waals surface area contributed by atoms with E-state index < -0.39 is 0 Å². The SMILES string of the molecule is O=C(CCCl)NCCc1ccco1. The van der Waals surface area contributed by atoms with Gasteiger partial charge in [0.2, 0.25) is 5.91 Å². The molecular formula is C9H12ClNO2. The van der Waals surface area contributed by atoms with Gasteiger partial charge >= 0.3 is 0 Å². The highest BCUT2D eigenvalue weighted by molar-refractivity contribution is 6.18. The molecule has 0 radical (unpaired) electrons. The van der Waals surface area contributed by atoms with Crippen molar-refractivity contribution in [3.63, 3.8) is 0 Å². The van der Waals surface area contributed by atoms with E-state index in [-0.39, 0.29) is 5.91 Å². The number of hydrogen-bond acceptors (Lipinski definition) is 2. The van der Waals surface area contributed by atoms with E-state index in [0.29, 0.717) is 18.8 Å². The highest BCUT2D eigenvalue weighted by atomic mass is 35.5. The summed E-state index contributed by atoms with van der Waals surface area (Å²) in [6.45, 7) is 0.600. The van der Waals surface area contributed by atoms with Crippen molar-refractivity contribution in [2.45, 2.75) is 12.8 Å². The van der Waals surface area contributed by atoms with Crippen molar-refractivity contribution in [3.05, 3.63) is 24.2 Å². The molecule has 1 amide bonds. The number of carbonyl (C=O) groups is 1. The van der Waals surface area contributed by atoms with Crippen LogP contribution in [0.2, 0.25) is 0 Å². The molecule has 1 aromatic rings. The highest BCUT2D eigenvalue weighted by Gasteiger charge is 1.99. The predicted octanol–water partition coefficient (Wildman–Crippen LogP) is 1.57. The first-order valence-corrected chi connectivity index (χ1v) is 4.71. The van der Waals surface area contributed by atoms with Gasteiger partial charge in [0.15, 0.2) is 0 Å². The summed E-state index contributed by atoms with van der Waals surface area (Å²) >= 11 is 5.40. The van der Waals surface area contributed by atoms with E-state index in [2.05, 4.69) is 5.32 Å². The van der Waals surface area contributed by atoms with Gasteiger partial charge in [-0.3, -0.25) is 4.79 Å². The monoisotopic (exact) mass is 201 g/mol. The number of nitrogens with one attached hydrogen (secondary N) is 1. The van der Waals surface area contributed by atoms with Crippen LogP contribution in [0.3, 0.4) is 0 Å². The fourth-order valence-corrected chi connectivity index (χ4v) is 1.13. The average Bonchev–Trinajstić information content (AvgIpc) is 2.57. The van der Waals surface area contributed by atoms with Gasteiger partial charge in [0, 0.05) is 25.3 Å². The molecule has 0 saturated carbocycles. The Morgan fingerprint density at radius 2 is 2.46 bits per heavy atom. The number of carbonyl (C=O) groups excluding carboxylic acids is 1. The van der Waals surface area contributed by atoms with Crippen molar-refractivity contribution in [2.24, 2.45) is 0 Å². The summed E-state index contributed by atoms with van der Waals surface area (Å²) in [5.74, 6) is 1.24. The first kappa shape index (κ1) is 10.1. The zero-order valence-electron chi connectivity index (χ0n) is 7.25. The maximum absolute atomic E-state index is 10.9. The zero-order valence-corrected chi connectivity index (χ0v) is 8.01. The molecule has 0 bridgehead atoms. The number of amides is 1. The van der Waals surface area contributed by atoms with Crippen molar-refractivity contribution in [2.75, 3.05) is 12.4 Å². The number of rotatable bonds is 5. The molecule has 0 saturated heterocycles. The molecule has 0 spiro atoms. The molecule has 1 N–H and O–H groups in total. The van der Waals surface area contributed by atoms with Crippen LogP contribution in [0.25, 0.3) is 0 Å². The molecule has 0 aliphatic heterocycles. The first-order chi connectivity index (χ1) is 6.33. The summed E-state index contributed by atoms with van der Waals surface area (Å²) in [6.07, 6.45) is 2.72. The average molecular weight is 202 g/mol. The van der Waals surface area contributed by atoms with Gasteiger partial charge in [-0.15, -0.1) is 11.6 Å². The van der Waals surface area contributed by atoms with E-state index in [1.807, 2.05) is 12.1 Å². The number of halogens is 1. The molecule has 1 aromatic heterocycles. The van der Waals surface area contributed by atoms with Gasteiger partial charge in [-0.05, 0) is 12.1 Å². The first-order valence-electron chi connectivity index (χ1n) is 4.18. The third-order valence-electron chi connectivity index (χ3n) is 1.60. The van der Waals surface area contributed by atoms with E-state index in [4.69, 9.17) is 16.0 Å². The standard InChI is InChI=1S/C9H12ClNO2/c10-5-3-9(12)11-6-4-8-2-1-7-13-8/h1-2,7H,3-6H2,(H,11,12). The van der Waals surface area contributed by atoms with Gasteiger partial charge in [0.25, 0.3) is 0 Å². The number of furan rings is 1. The van der Waals surface area contributed by atoms with Crippen molar-refractivity contribution < 1.29 is 9.21 Å². The Morgan fingerprint density at radius 3 is 3.08 bits per heavy atom. The quantitative estimate of drug-likeness (QED) is 0.735. The normalized spacial score (nSPS) is 9.92. The molecule has 72 valence electrons. The minimum Gasteiger partial charge on any atom is -0.469 e. The Kier molecular flexibility index (Phi) is 4.40. The largest absolute Gasteiger partial charge is 0.469 e. The van der Waals surface area contributed by atoms with Crippen molar-refractivity contribution in [3.8, 4) is 0 Å². The van der Waals surface area contributed by atoms with E-state index >= 15 is 0 Å². The predicted molar refractivity (Wildman–Crippen MR) is 50.8 cm³/mol. The molecule has 1 heterocycles. The third-order valence-corrected chi connectivity index (χ3v) is 1.78. The molecule has 3 nitrogen and oxygen atoms in total. The number of alkyl halides is 1. The van der Waals surface area contributed by atoms with E-state index in [1.165, 1.54) is 0 Å². The van der Waals surface area contributed by atoms with Crippen LogP contribution in [-0.4, -0.2) is 18.3 Å². The maximum Gasteiger partial charge on any atom is 0.221 e. The molecule has 0 fully saturated rings. The Morgan fingerprint density at radius 1 is 1.62 bits per heavy atom. The van der Waals surface area contributed by atoms with Gasteiger partial charge in [-0.1, -0.05) is 0 Å². The molecule has 13 heavy (non-hydrogen) atoms. The lowest BCUT2D eigenvalue weighted by molar-refractivity contribution is -0.120. The Bertz CT molecular complexity index is 246. The summed E-state index contributed by atoms with van der Waals surface area (Å²) in [7, 11) is 0. The van der Waals surface area contributed by atoms with Crippen LogP contribution in [0, 0.1) is 0 Å². The minimum absolute atomic E-state index is 0.0124. The highest BCUT2D eigenvalue weighted by Crippen LogP contribution is 1.99. The Labute approximate surface area is 82.1 Å². The second-order valence-corrected chi connectivity index (χ2v) is 3.00. The molecular weight excluding hydrogens is 190 g/mol. The molecule has 0 aromatic carbocycles. The summed E-state index contributed by atoms with van der Waals surface area (Å²) in [5, 5.41) is 2.74. The summed E-state index contributed by atoms with van der Waals surface area (Å²) < 4.78 is 5.10. The van der Waals surface area contributed by atoms with Gasteiger partial charge < -0.3 is 9.73 Å². The molecule has 0 aliphatic carbocycles. The second kappa shape index (κ2) is 5.65. The Hall–Kier alpha value is -0.960. The fraction of sp³-hybridized carbons (Fsp3) is 0.444.